The van der Waals surface area contributed by atoms with E-state index in [1.54, 1.807) is 12.1 Å². The van der Waals surface area contributed by atoms with E-state index in [2.05, 4.69) is 16.0 Å². The smallest absolute Gasteiger partial charge is 0.132 e. The summed E-state index contributed by atoms with van der Waals surface area (Å²) in [5, 5.41) is 9.26. The van der Waals surface area contributed by atoms with E-state index in [0.717, 1.165) is 18.9 Å². The molecule has 0 N–H and O–H groups in total. The molecule has 1 saturated heterocycles. The van der Waals surface area contributed by atoms with Gasteiger partial charge < -0.3 is 9.64 Å². The molecule has 17 heavy (non-hydrogen) atoms. The van der Waals surface area contributed by atoms with Gasteiger partial charge in [0.05, 0.1) is 23.8 Å². The quantitative estimate of drug-likeness (QED) is 0.718. The predicted octanol–water partition coefficient (Wildman–Crippen LogP) is 2.22. The Labute approximate surface area is 106 Å². The Morgan fingerprint density at radius 2 is 2.29 bits per heavy atom. The van der Waals surface area contributed by atoms with E-state index in [-0.39, 0.29) is 5.60 Å². The normalized spacial score (nSPS) is 18.8. The monoisotopic (exact) mass is 251 g/mol. The third-order valence-electron chi connectivity index (χ3n) is 2.66. The van der Waals surface area contributed by atoms with Crippen LogP contribution in [0.25, 0.3) is 0 Å². The van der Waals surface area contributed by atoms with Crippen molar-refractivity contribution in [3.8, 4) is 6.07 Å². The highest BCUT2D eigenvalue weighted by atomic mass is 35.5. The van der Waals surface area contributed by atoms with E-state index in [4.69, 9.17) is 21.6 Å². The minimum atomic E-state index is -0.199. The molecule has 0 aliphatic carbocycles. The molecule has 1 aromatic rings. The first-order chi connectivity index (χ1) is 8.00. The van der Waals surface area contributed by atoms with E-state index in [0.29, 0.717) is 17.3 Å². The Morgan fingerprint density at radius 1 is 1.53 bits per heavy atom. The zero-order valence-electron chi connectivity index (χ0n) is 9.90. The summed E-state index contributed by atoms with van der Waals surface area (Å²) < 4.78 is 5.64. The van der Waals surface area contributed by atoms with Gasteiger partial charge in [0, 0.05) is 13.1 Å². The summed E-state index contributed by atoms with van der Waals surface area (Å²) in [4.78, 5) is 6.35. The van der Waals surface area contributed by atoms with Crippen molar-refractivity contribution in [1.82, 2.24) is 4.98 Å². The van der Waals surface area contributed by atoms with E-state index in [9.17, 15) is 0 Å². The second-order valence-corrected chi connectivity index (χ2v) is 5.07. The standard InChI is InChI=1S/C12H14ClN3O/c1-12(2)8-16(3-4-17-12)11-6-9(7-14)5-10(13)15-11/h5-6H,3-4,8H2,1-2H3. The molecule has 0 atom stereocenters. The number of nitriles is 1. The molecule has 5 heteroatoms. The van der Waals surface area contributed by atoms with Crippen molar-refractivity contribution in [3.05, 3.63) is 22.8 Å². The number of rotatable bonds is 1. The third-order valence-corrected chi connectivity index (χ3v) is 2.85. The molecule has 0 unspecified atom stereocenters. The van der Waals surface area contributed by atoms with Gasteiger partial charge in [-0.3, -0.25) is 0 Å². The van der Waals surface area contributed by atoms with Gasteiger partial charge in [-0.2, -0.15) is 5.26 Å². The van der Waals surface area contributed by atoms with Crippen molar-refractivity contribution in [2.45, 2.75) is 19.4 Å². The molecule has 0 spiro atoms. The molecular weight excluding hydrogens is 238 g/mol. The van der Waals surface area contributed by atoms with Crippen LogP contribution in [0.1, 0.15) is 19.4 Å². The van der Waals surface area contributed by atoms with Crippen LogP contribution in [0.4, 0.5) is 5.82 Å². The van der Waals surface area contributed by atoms with Gasteiger partial charge in [0.25, 0.3) is 0 Å². The summed E-state index contributed by atoms with van der Waals surface area (Å²) in [7, 11) is 0. The highest BCUT2D eigenvalue weighted by Gasteiger charge is 2.28. The molecule has 1 aromatic heterocycles. The highest BCUT2D eigenvalue weighted by Crippen LogP contribution is 2.23. The second kappa shape index (κ2) is 4.52. The SMILES string of the molecule is CC1(C)CN(c2cc(C#N)cc(Cl)n2)CCO1. The van der Waals surface area contributed by atoms with Crippen LogP contribution in [0.2, 0.25) is 5.15 Å². The number of aromatic nitrogens is 1. The summed E-state index contributed by atoms with van der Waals surface area (Å²) >= 11 is 5.90. The Kier molecular flexibility index (Phi) is 3.23. The first-order valence-electron chi connectivity index (χ1n) is 5.47. The average molecular weight is 252 g/mol. The molecule has 0 bridgehead atoms. The molecule has 0 amide bonds. The summed E-state index contributed by atoms with van der Waals surface area (Å²) in [6, 6.07) is 5.41. The van der Waals surface area contributed by atoms with Gasteiger partial charge in [-0.25, -0.2) is 4.98 Å². The second-order valence-electron chi connectivity index (χ2n) is 4.68. The maximum absolute atomic E-state index is 8.91. The van der Waals surface area contributed by atoms with Crippen LogP contribution in [0.3, 0.4) is 0 Å². The number of ether oxygens (including phenoxy) is 1. The fourth-order valence-electron chi connectivity index (χ4n) is 1.92. The molecule has 1 aliphatic rings. The lowest BCUT2D eigenvalue weighted by Crippen LogP contribution is -2.48. The predicted molar refractivity (Wildman–Crippen MR) is 66.2 cm³/mol. The molecular formula is C12H14ClN3O. The van der Waals surface area contributed by atoms with Crippen LogP contribution < -0.4 is 4.90 Å². The number of pyridine rings is 1. The Morgan fingerprint density at radius 3 is 2.94 bits per heavy atom. The third kappa shape index (κ3) is 2.87. The lowest BCUT2D eigenvalue weighted by atomic mass is 10.1. The lowest BCUT2D eigenvalue weighted by molar-refractivity contribution is -0.0279. The molecule has 4 nitrogen and oxygen atoms in total. The number of hydrogen-bond donors (Lipinski definition) is 0. The lowest BCUT2D eigenvalue weighted by Gasteiger charge is -2.38. The van der Waals surface area contributed by atoms with Crippen LogP contribution in [-0.2, 0) is 4.74 Å². The van der Waals surface area contributed by atoms with Gasteiger partial charge in [-0.05, 0) is 26.0 Å². The molecule has 1 aliphatic heterocycles. The zero-order valence-corrected chi connectivity index (χ0v) is 10.7. The van der Waals surface area contributed by atoms with E-state index in [1.807, 2.05) is 13.8 Å². The molecule has 2 heterocycles. The van der Waals surface area contributed by atoms with Gasteiger partial charge in [0.15, 0.2) is 0 Å². The highest BCUT2D eigenvalue weighted by molar-refractivity contribution is 6.29. The zero-order chi connectivity index (χ0) is 12.5. The molecule has 0 saturated carbocycles. The van der Waals surface area contributed by atoms with Crippen molar-refractivity contribution in [3.63, 3.8) is 0 Å². The number of nitrogens with zero attached hydrogens (tertiary/aromatic N) is 3. The van der Waals surface area contributed by atoms with Crippen LogP contribution in [-0.4, -0.2) is 30.3 Å². The van der Waals surface area contributed by atoms with Crippen LogP contribution in [0.15, 0.2) is 12.1 Å². The maximum atomic E-state index is 8.91. The number of morpholine rings is 1. The molecule has 1 fully saturated rings. The largest absolute Gasteiger partial charge is 0.372 e. The van der Waals surface area contributed by atoms with Crippen molar-refractivity contribution < 1.29 is 4.74 Å². The minimum absolute atomic E-state index is 0.199. The van der Waals surface area contributed by atoms with Gasteiger partial charge in [-0.15, -0.1) is 0 Å². The van der Waals surface area contributed by atoms with Gasteiger partial charge in [-0.1, -0.05) is 11.6 Å². The summed E-state index contributed by atoms with van der Waals surface area (Å²) in [6.45, 7) is 6.24. The van der Waals surface area contributed by atoms with Crippen LogP contribution in [0.5, 0.6) is 0 Å². The molecule has 90 valence electrons. The Balaban J connectivity index is 2.28. The summed E-state index contributed by atoms with van der Waals surface area (Å²) in [5.41, 5.74) is 0.332. The van der Waals surface area contributed by atoms with Crippen molar-refractivity contribution in [1.29, 1.82) is 5.26 Å². The minimum Gasteiger partial charge on any atom is -0.372 e. The van der Waals surface area contributed by atoms with Crippen molar-refractivity contribution in [2.24, 2.45) is 0 Å². The average Bonchev–Trinajstić information content (AvgIpc) is 2.27. The van der Waals surface area contributed by atoms with E-state index in [1.165, 1.54) is 0 Å². The Hall–Kier alpha value is -1.31. The first kappa shape index (κ1) is 12.2. The van der Waals surface area contributed by atoms with E-state index < -0.39 is 0 Å². The van der Waals surface area contributed by atoms with Gasteiger partial charge in [0.1, 0.15) is 11.0 Å². The summed E-state index contributed by atoms with van der Waals surface area (Å²) in [5.74, 6) is 0.741. The van der Waals surface area contributed by atoms with Gasteiger partial charge >= 0.3 is 0 Å². The number of hydrogen-bond acceptors (Lipinski definition) is 4. The topological polar surface area (TPSA) is 49.2 Å². The van der Waals surface area contributed by atoms with Crippen molar-refractivity contribution in [2.75, 3.05) is 24.6 Å². The number of halogens is 1. The summed E-state index contributed by atoms with van der Waals surface area (Å²) in [6.07, 6.45) is 0. The fourth-order valence-corrected chi connectivity index (χ4v) is 2.13. The van der Waals surface area contributed by atoms with Crippen LogP contribution >= 0.6 is 11.6 Å². The number of anilines is 1. The van der Waals surface area contributed by atoms with Gasteiger partial charge in [0.2, 0.25) is 0 Å². The fraction of sp³-hybridized carbons (Fsp3) is 0.500. The first-order valence-corrected chi connectivity index (χ1v) is 5.84. The molecule has 2 rings (SSSR count). The molecule has 0 aromatic carbocycles. The molecule has 0 radical (unpaired) electrons. The van der Waals surface area contributed by atoms with Crippen LogP contribution in [0, 0.1) is 11.3 Å². The maximum Gasteiger partial charge on any atom is 0.132 e. The Bertz CT molecular complexity index is 467. The van der Waals surface area contributed by atoms with E-state index >= 15 is 0 Å². The van der Waals surface area contributed by atoms with Crippen molar-refractivity contribution >= 4 is 17.4 Å².